The molecule has 0 bridgehead atoms. The lowest BCUT2D eigenvalue weighted by Crippen LogP contribution is -1.89. The number of rotatable bonds is 1. The Labute approximate surface area is 62.4 Å². The van der Waals surface area contributed by atoms with Crippen molar-refractivity contribution in [1.82, 2.24) is 0 Å². The fraction of sp³-hybridized carbons (Fsp3) is 0. The Morgan fingerprint density at radius 1 is 1.36 bits per heavy atom. The molecular formula is C6H6N2O3. The molecule has 5 heteroatoms. The van der Waals surface area contributed by atoms with Crippen LogP contribution >= 0.6 is 0 Å². The van der Waals surface area contributed by atoms with Crippen LogP contribution in [0.3, 0.4) is 0 Å². The highest BCUT2D eigenvalue weighted by Gasteiger charge is 2.08. The molecule has 1 aromatic carbocycles. The van der Waals surface area contributed by atoms with Crippen molar-refractivity contribution < 1.29 is 15.2 Å². The number of hydrogen-bond acceptors (Lipinski definition) is 3. The zero-order valence-corrected chi connectivity index (χ0v) is 5.51. The first kappa shape index (κ1) is 7.33. The molecule has 0 amide bonds. The highest BCUT2D eigenvalue weighted by atomic mass is 16.6. The van der Waals surface area contributed by atoms with Crippen LogP contribution in [0.1, 0.15) is 0 Å². The van der Waals surface area contributed by atoms with Crippen LogP contribution in [0.15, 0.2) is 29.5 Å². The first-order valence-corrected chi connectivity index (χ1v) is 2.86. The molecule has 0 aliphatic heterocycles. The fourth-order valence-electron chi connectivity index (χ4n) is 0.674. The Hall–Kier alpha value is -1.78. The molecule has 1 rings (SSSR count). The van der Waals surface area contributed by atoms with Gasteiger partial charge in [-0.1, -0.05) is 12.1 Å². The van der Waals surface area contributed by atoms with E-state index in [0.717, 1.165) is 0 Å². The van der Waals surface area contributed by atoms with E-state index in [9.17, 15) is 5.21 Å². The summed E-state index contributed by atoms with van der Waals surface area (Å²) in [6, 6.07) is 5.77. The summed E-state index contributed by atoms with van der Waals surface area (Å²) in [5.74, 6) is -0.222. The molecule has 58 valence electrons. The van der Waals surface area contributed by atoms with Crippen molar-refractivity contribution in [1.29, 1.82) is 0 Å². The molecule has 0 heterocycles. The van der Waals surface area contributed by atoms with Gasteiger partial charge >= 0.3 is 0 Å². The SMILES string of the molecule is [O-][N+](=NO)c1ccccc1O. The Bertz CT molecular complexity index is 285. The van der Waals surface area contributed by atoms with Gasteiger partial charge < -0.3 is 15.5 Å². The van der Waals surface area contributed by atoms with Crippen molar-refractivity contribution in [2.45, 2.75) is 0 Å². The fourth-order valence-corrected chi connectivity index (χ4v) is 0.674. The Balaban J connectivity index is 3.14. The summed E-state index contributed by atoms with van der Waals surface area (Å²) < 4.78 is 0. The van der Waals surface area contributed by atoms with Gasteiger partial charge in [0.15, 0.2) is 5.75 Å². The third-order valence-electron chi connectivity index (χ3n) is 1.17. The molecule has 0 atom stereocenters. The summed E-state index contributed by atoms with van der Waals surface area (Å²) in [5.41, 5.74) is -0.0880. The van der Waals surface area contributed by atoms with Crippen molar-refractivity contribution in [2.24, 2.45) is 5.28 Å². The molecule has 0 saturated carbocycles. The zero-order chi connectivity index (χ0) is 8.27. The molecule has 0 saturated heterocycles. The number of aromatic hydroxyl groups is 1. The Kier molecular flexibility index (Phi) is 1.91. The molecule has 11 heavy (non-hydrogen) atoms. The van der Waals surface area contributed by atoms with Gasteiger partial charge in [0.25, 0.3) is 5.69 Å². The second-order valence-electron chi connectivity index (χ2n) is 1.85. The van der Waals surface area contributed by atoms with E-state index in [4.69, 9.17) is 10.3 Å². The number of phenolic OH excluding ortho intramolecular Hbond substituents is 1. The van der Waals surface area contributed by atoms with Crippen molar-refractivity contribution >= 4 is 5.69 Å². The Morgan fingerprint density at radius 2 is 2.00 bits per heavy atom. The summed E-state index contributed by atoms with van der Waals surface area (Å²) in [5, 5.41) is 30.0. The highest BCUT2D eigenvalue weighted by molar-refractivity contribution is 5.44. The summed E-state index contributed by atoms with van der Waals surface area (Å²) in [6.07, 6.45) is 0. The van der Waals surface area contributed by atoms with Crippen molar-refractivity contribution in [3.8, 4) is 5.75 Å². The van der Waals surface area contributed by atoms with Gasteiger partial charge in [-0.2, -0.15) is 0 Å². The van der Waals surface area contributed by atoms with Crippen LogP contribution < -0.4 is 0 Å². The summed E-state index contributed by atoms with van der Waals surface area (Å²) in [6.45, 7) is 0. The molecule has 0 aliphatic rings. The van der Waals surface area contributed by atoms with Gasteiger partial charge in [-0.05, 0) is 10.9 Å². The monoisotopic (exact) mass is 154 g/mol. The van der Waals surface area contributed by atoms with Gasteiger partial charge in [0.2, 0.25) is 5.28 Å². The van der Waals surface area contributed by atoms with E-state index < -0.39 is 0 Å². The topological polar surface area (TPSA) is 78.9 Å². The lowest BCUT2D eigenvalue weighted by atomic mass is 10.3. The van der Waals surface area contributed by atoms with E-state index in [2.05, 4.69) is 5.28 Å². The van der Waals surface area contributed by atoms with Crippen molar-refractivity contribution in [3.05, 3.63) is 29.5 Å². The predicted octanol–water partition coefficient (Wildman–Crippen LogP) is 1.38. The van der Waals surface area contributed by atoms with E-state index in [0.29, 0.717) is 0 Å². The van der Waals surface area contributed by atoms with Crippen molar-refractivity contribution in [2.75, 3.05) is 0 Å². The minimum absolute atomic E-state index is 0.0741. The molecule has 0 fully saturated rings. The Morgan fingerprint density at radius 3 is 2.55 bits per heavy atom. The molecule has 5 nitrogen and oxygen atoms in total. The summed E-state index contributed by atoms with van der Waals surface area (Å²) in [7, 11) is 0. The van der Waals surface area contributed by atoms with Crippen LogP contribution in [0.25, 0.3) is 0 Å². The molecule has 0 aliphatic carbocycles. The predicted molar refractivity (Wildman–Crippen MR) is 35.6 cm³/mol. The van der Waals surface area contributed by atoms with Crippen LogP contribution in [0, 0.1) is 5.21 Å². The van der Waals surface area contributed by atoms with Crippen LogP contribution in [-0.2, 0) is 0 Å². The molecule has 1 aromatic rings. The minimum atomic E-state index is -0.222. The van der Waals surface area contributed by atoms with Gasteiger partial charge in [0.1, 0.15) is 0 Å². The largest absolute Gasteiger partial charge is 0.591 e. The molecule has 0 unspecified atom stereocenters. The maximum Gasteiger partial charge on any atom is 0.289 e. The van der Waals surface area contributed by atoms with E-state index >= 15 is 0 Å². The first-order valence-electron chi connectivity index (χ1n) is 2.86. The van der Waals surface area contributed by atoms with E-state index in [1.165, 1.54) is 12.1 Å². The lowest BCUT2D eigenvalue weighted by molar-refractivity contribution is -0.474. The normalized spacial score (nSPS) is 11.5. The minimum Gasteiger partial charge on any atom is -0.591 e. The second kappa shape index (κ2) is 2.87. The van der Waals surface area contributed by atoms with Crippen LogP contribution in [0.2, 0.25) is 0 Å². The highest BCUT2D eigenvalue weighted by Crippen LogP contribution is 2.23. The van der Waals surface area contributed by atoms with Crippen LogP contribution in [-0.4, -0.2) is 15.2 Å². The number of benzene rings is 1. The molecule has 0 aromatic heterocycles. The van der Waals surface area contributed by atoms with Gasteiger partial charge in [-0.15, -0.1) is 0 Å². The van der Waals surface area contributed by atoms with Gasteiger partial charge in [0.05, 0.1) is 0 Å². The van der Waals surface area contributed by atoms with E-state index in [1.807, 2.05) is 0 Å². The van der Waals surface area contributed by atoms with Crippen LogP contribution in [0.5, 0.6) is 5.75 Å². The average molecular weight is 154 g/mol. The van der Waals surface area contributed by atoms with Gasteiger partial charge in [0, 0.05) is 6.07 Å². The quantitative estimate of drug-likeness (QED) is 0.364. The molecule has 0 radical (unpaired) electrons. The van der Waals surface area contributed by atoms with Crippen molar-refractivity contribution in [3.63, 3.8) is 0 Å². The zero-order valence-electron chi connectivity index (χ0n) is 5.51. The average Bonchev–Trinajstić information content (AvgIpc) is 2.04. The number of hydrogen-bond donors (Lipinski definition) is 2. The maximum atomic E-state index is 10.6. The third kappa shape index (κ3) is 1.37. The lowest BCUT2D eigenvalue weighted by Gasteiger charge is -1.97. The molecule has 0 spiro atoms. The van der Waals surface area contributed by atoms with E-state index in [-0.39, 0.29) is 16.3 Å². The maximum absolute atomic E-state index is 10.6. The van der Waals surface area contributed by atoms with Crippen LogP contribution in [0.4, 0.5) is 5.69 Å². The number of para-hydroxylation sites is 2. The smallest absolute Gasteiger partial charge is 0.289 e. The van der Waals surface area contributed by atoms with Gasteiger partial charge in [-0.3, -0.25) is 0 Å². The number of nitrogens with zero attached hydrogens (tertiary/aromatic N) is 2. The summed E-state index contributed by atoms with van der Waals surface area (Å²) in [4.78, 5) is -0.0741. The number of phenols is 1. The second-order valence-corrected chi connectivity index (χ2v) is 1.85. The molecular weight excluding hydrogens is 148 g/mol. The van der Waals surface area contributed by atoms with E-state index in [1.54, 1.807) is 12.1 Å². The molecule has 2 N–H and O–H groups in total. The third-order valence-corrected chi connectivity index (χ3v) is 1.17. The first-order chi connectivity index (χ1) is 5.25. The standard InChI is InChI=1S/C6H6N2O3/c9-6-4-2-1-3-5(6)8(11)7-10/h1-4,9-10H. The van der Waals surface area contributed by atoms with Gasteiger partial charge in [-0.25, -0.2) is 0 Å². The summed E-state index contributed by atoms with van der Waals surface area (Å²) >= 11 is 0.